The number of sulfone groups is 1. The van der Waals surface area contributed by atoms with E-state index in [1.807, 2.05) is 24.3 Å². The van der Waals surface area contributed by atoms with Crippen LogP contribution < -0.4 is 0 Å². The van der Waals surface area contributed by atoms with Crippen molar-refractivity contribution < 1.29 is 8.42 Å². The molecule has 0 aliphatic carbocycles. The van der Waals surface area contributed by atoms with Crippen LogP contribution >= 0.6 is 0 Å². The Morgan fingerprint density at radius 1 is 1.08 bits per heavy atom. The molecule has 5 nitrogen and oxygen atoms in total. The van der Waals surface area contributed by atoms with Gasteiger partial charge in [-0.2, -0.15) is 5.26 Å². The summed E-state index contributed by atoms with van der Waals surface area (Å²) in [4.78, 5) is 4.85. The summed E-state index contributed by atoms with van der Waals surface area (Å²) in [5.74, 6) is 0.629. The van der Waals surface area contributed by atoms with Gasteiger partial charge in [-0.1, -0.05) is 12.1 Å². The summed E-state index contributed by atoms with van der Waals surface area (Å²) in [5.41, 5.74) is 1.95. The number of hydrogen-bond acceptors (Lipinski definition) is 5. The molecule has 0 spiro atoms. The molecule has 2 aliphatic rings. The standard InChI is InChI=1S/C18H25N3O2S/c1-15(17-4-2-16(14-19)3-5-17)20-8-6-18(7-9-20)21-10-12-24(22,23)13-11-21/h2-5,15,18H,6-13H2,1H3/t15-/m0/s1. The van der Waals surface area contributed by atoms with Gasteiger partial charge in [-0.15, -0.1) is 0 Å². The molecule has 0 N–H and O–H groups in total. The molecular formula is C18H25N3O2S. The van der Waals surface area contributed by atoms with Crippen LogP contribution in [0.1, 0.15) is 36.9 Å². The number of nitrogens with zero attached hydrogens (tertiary/aromatic N) is 3. The minimum atomic E-state index is -2.80. The van der Waals surface area contributed by atoms with E-state index in [1.54, 1.807) is 0 Å². The highest BCUT2D eigenvalue weighted by molar-refractivity contribution is 7.91. The SMILES string of the molecule is C[C@@H](c1ccc(C#N)cc1)N1CCC(N2CCS(=O)(=O)CC2)CC1. The fraction of sp³-hybridized carbons (Fsp3) is 0.611. The lowest BCUT2D eigenvalue weighted by molar-refractivity contribution is 0.0927. The molecule has 1 atom stereocenters. The molecule has 0 radical (unpaired) electrons. The van der Waals surface area contributed by atoms with E-state index in [-0.39, 0.29) is 0 Å². The van der Waals surface area contributed by atoms with Crippen LogP contribution in [0.2, 0.25) is 0 Å². The predicted octanol–water partition coefficient (Wildman–Crippen LogP) is 1.81. The third-order valence-electron chi connectivity index (χ3n) is 5.46. The highest BCUT2D eigenvalue weighted by Gasteiger charge is 2.30. The van der Waals surface area contributed by atoms with Gasteiger partial charge in [0.15, 0.2) is 9.84 Å². The Morgan fingerprint density at radius 3 is 2.21 bits per heavy atom. The molecule has 2 aliphatic heterocycles. The van der Waals surface area contributed by atoms with E-state index in [9.17, 15) is 8.42 Å². The first-order valence-corrected chi connectivity index (χ1v) is 10.5. The third kappa shape index (κ3) is 3.97. The van der Waals surface area contributed by atoms with Crippen LogP contribution in [0.25, 0.3) is 0 Å². The minimum absolute atomic E-state index is 0.314. The molecule has 0 aromatic heterocycles. The van der Waals surface area contributed by atoms with Crippen molar-refractivity contribution in [3.8, 4) is 6.07 Å². The Labute approximate surface area is 144 Å². The maximum Gasteiger partial charge on any atom is 0.152 e. The molecule has 0 bridgehead atoms. The molecule has 0 saturated carbocycles. The fourth-order valence-corrected chi connectivity index (χ4v) is 5.01. The lowest BCUT2D eigenvalue weighted by Gasteiger charge is -2.42. The average Bonchev–Trinajstić information content (AvgIpc) is 2.61. The highest BCUT2D eigenvalue weighted by Crippen LogP contribution is 2.26. The van der Waals surface area contributed by atoms with E-state index < -0.39 is 9.84 Å². The van der Waals surface area contributed by atoms with Gasteiger partial charge in [0, 0.05) is 38.3 Å². The van der Waals surface area contributed by atoms with Gasteiger partial charge >= 0.3 is 0 Å². The van der Waals surface area contributed by atoms with Crippen molar-refractivity contribution in [1.82, 2.24) is 9.80 Å². The largest absolute Gasteiger partial charge is 0.298 e. The molecule has 24 heavy (non-hydrogen) atoms. The van der Waals surface area contributed by atoms with Crippen molar-refractivity contribution in [2.24, 2.45) is 0 Å². The number of piperidine rings is 1. The van der Waals surface area contributed by atoms with Crippen molar-refractivity contribution in [1.29, 1.82) is 5.26 Å². The van der Waals surface area contributed by atoms with Gasteiger partial charge in [0.1, 0.15) is 0 Å². The first-order valence-electron chi connectivity index (χ1n) is 8.67. The Morgan fingerprint density at radius 2 is 1.67 bits per heavy atom. The van der Waals surface area contributed by atoms with E-state index in [1.165, 1.54) is 5.56 Å². The van der Waals surface area contributed by atoms with Gasteiger partial charge in [0.05, 0.1) is 23.1 Å². The summed E-state index contributed by atoms with van der Waals surface area (Å²) in [6.07, 6.45) is 2.20. The van der Waals surface area contributed by atoms with Crippen molar-refractivity contribution in [3.63, 3.8) is 0 Å². The topological polar surface area (TPSA) is 64.4 Å². The van der Waals surface area contributed by atoms with Crippen molar-refractivity contribution >= 4 is 9.84 Å². The maximum atomic E-state index is 11.6. The molecule has 0 unspecified atom stereocenters. The van der Waals surface area contributed by atoms with Crippen LogP contribution in [0.3, 0.4) is 0 Å². The van der Waals surface area contributed by atoms with Crippen LogP contribution in [0.4, 0.5) is 0 Å². The molecule has 1 aromatic rings. The maximum absolute atomic E-state index is 11.6. The summed E-state index contributed by atoms with van der Waals surface area (Å²) in [6.45, 7) is 5.68. The summed E-state index contributed by atoms with van der Waals surface area (Å²) in [6, 6.07) is 10.9. The second-order valence-corrected chi connectivity index (χ2v) is 9.17. The Kier molecular flexibility index (Phi) is 5.24. The van der Waals surface area contributed by atoms with Gasteiger partial charge in [0.2, 0.25) is 0 Å². The van der Waals surface area contributed by atoms with E-state index in [0.29, 0.717) is 42.2 Å². The molecule has 1 aromatic carbocycles. The second-order valence-electron chi connectivity index (χ2n) is 6.86. The van der Waals surface area contributed by atoms with E-state index in [0.717, 1.165) is 25.9 Å². The minimum Gasteiger partial charge on any atom is -0.298 e. The van der Waals surface area contributed by atoms with Crippen LogP contribution in [-0.2, 0) is 9.84 Å². The summed E-state index contributed by atoms with van der Waals surface area (Å²) in [7, 11) is -2.80. The lowest BCUT2D eigenvalue weighted by Crippen LogP contribution is -2.50. The molecule has 2 fully saturated rings. The first kappa shape index (κ1) is 17.4. The first-order chi connectivity index (χ1) is 11.5. The molecule has 2 saturated heterocycles. The average molecular weight is 347 g/mol. The van der Waals surface area contributed by atoms with Crippen molar-refractivity contribution in [2.75, 3.05) is 37.7 Å². The van der Waals surface area contributed by atoms with Crippen LogP contribution in [0, 0.1) is 11.3 Å². The number of benzene rings is 1. The predicted molar refractivity (Wildman–Crippen MR) is 94.4 cm³/mol. The zero-order valence-corrected chi connectivity index (χ0v) is 15.0. The zero-order chi connectivity index (χ0) is 17.2. The van der Waals surface area contributed by atoms with Crippen LogP contribution in [0.5, 0.6) is 0 Å². The quantitative estimate of drug-likeness (QED) is 0.834. The number of hydrogen-bond donors (Lipinski definition) is 0. The van der Waals surface area contributed by atoms with Crippen molar-refractivity contribution in [2.45, 2.75) is 31.8 Å². The molecular weight excluding hydrogens is 322 g/mol. The second kappa shape index (κ2) is 7.22. The van der Waals surface area contributed by atoms with Crippen LogP contribution in [0.15, 0.2) is 24.3 Å². The normalized spacial score (nSPS) is 24.3. The zero-order valence-electron chi connectivity index (χ0n) is 14.2. The molecule has 6 heteroatoms. The fourth-order valence-electron chi connectivity index (χ4n) is 3.78. The molecule has 0 amide bonds. The van der Waals surface area contributed by atoms with Gasteiger partial charge in [-0.3, -0.25) is 9.80 Å². The molecule has 130 valence electrons. The summed E-state index contributed by atoms with van der Waals surface area (Å²) < 4.78 is 23.1. The lowest BCUT2D eigenvalue weighted by atomic mass is 9.98. The van der Waals surface area contributed by atoms with Crippen molar-refractivity contribution in [3.05, 3.63) is 35.4 Å². The molecule has 2 heterocycles. The Bertz CT molecular complexity index is 687. The van der Waals surface area contributed by atoms with Gasteiger partial charge in [-0.05, 0) is 37.5 Å². The number of rotatable bonds is 3. The van der Waals surface area contributed by atoms with E-state index in [2.05, 4.69) is 22.8 Å². The van der Waals surface area contributed by atoms with Crippen LogP contribution in [-0.4, -0.2) is 61.9 Å². The third-order valence-corrected chi connectivity index (χ3v) is 7.07. The smallest absolute Gasteiger partial charge is 0.152 e. The van der Waals surface area contributed by atoms with Gasteiger partial charge < -0.3 is 0 Å². The van der Waals surface area contributed by atoms with Gasteiger partial charge in [0.25, 0.3) is 0 Å². The Balaban J connectivity index is 1.54. The number of likely N-dealkylation sites (tertiary alicyclic amines) is 1. The monoisotopic (exact) mass is 347 g/mol. The van der Waals surface area contributed by atoms with Gasteiger partial charge in [-0.25, -0.2) is 8.42 Å². The Hall–Kier alpha value is -1.42. The van der Waals surface area contributed by atoms with E-state index in [4.69, 9.17) is 5.26 Å². The number of nitriles is 1. The highest BCUT2D eigenvalue weighted by atomic mass is 32.2. The molecule has 3 rings (SSSR count). The summed E-state index contributed by atoms with van der Waals surface area (Å²) >= 11 is 0. The van der Waals surface area contributed by atoms with E-state index >= 15 is 0 Å². The summed E-state index contributed by atoms with van der Waals surface area (Å²) in [5, 5.41) is 8.90.